The molecule has 154 valence electrons. The van der Waals surface area contributed by atoms with Crippen LogP contribution in [0.15, 0.2) is 69.0 Å². The number of amides is 2. The number of ether oxygens (including phenoxy) is 1. The van der Waals surface area contributed by atoms with Crippen LogP contribution < -0.4 is 21.1 Å². The standard InChI is InChI=1S/C21H20N4O4S/c1-12-18(20(23)27)19(16-4-3-9-29-16)15(10-22)21(24-12)30-11-17(26)25-13-5-7-14(28-2)8-6-13/h3-9,19,24H,11H2,1-2H3,(H2,23,27)(H,25,26). The minimum absolute atomic E-state index is 0.0591. The second-order valence-electron chi connectivity index (χ2n) is 6.40. The fourth-order valence-electron chi connectivity index (χ4n) is 3.10. The van der Waals surface area contributed by atoms with Gasteiger partial charge in [-0.1, -0.05) is 11.8 Å². The fourth-order valence-corrected chi connectivity index (χ4v) is 3.99. The van der Waals surface area contributed by atoms with E-state index in [0.717, 1.165) is 11.8 Å². The van der Waals surface area contributed by atoms with E-state index in [1.165, 1.54) is 6.26 Å². The van der Waals surface area contributed by atoms with Gasteiger partial charge in [0, 0.05) is 11.4 Å². The number of rotatable bonds is 7. The van der Waals surface area contributed by atoms with Crippen LogP contribution in [0.1, 0.15) is 18.6 Å². The van der Waals surface area contributed by atoms with E-state index >= 15 is 0 Å². The van der Waals surface area contributed by atoms with Crippen molar-refractivity contribution in [3.63, 3.8) is 0 Å². The third-order valence-electron chi connectivity index (χ3n) is 4.46. The Kier molecular flexibility index (Phi) is 6.49. The number of nitriles is 1. The molecule has 0 bridgehead atoms. The van der Waals surface area contributed by atoms with E-state index in [1.54, 1.807) is 50.4 Å². The van der Waals surface area contributed by atoms with Crippen molar-refractivity contribution in [3.05, 3.63) is 70.3 Å². The molecule has 1 aliphatic rings. The normalized spacial score (nSPS) is 16.0. The van der Waals surface area contributed by atoms with E-state index in [2.05, 4.69) is 16.7 Å². The number of nitrogens with two attached hydrogens (primary N) is 1. The van der Waals surface area contributed by atoms with E-state index < -0.39 is 11.8 Å². The molecule has 0 radical (unpaired) electrons. The Morgan fingerprint density at radius 2 is 2.07 bits per heavy atom. The maximum Gasteiger partial charge on any atom is 0.247 e. The summed E-state index contributed by atoms with van der Waals surface area (Å²) in [6.45, 7) is 1.70. The maximum atomic E-state index is 12.4. The van der Waals surface area contributed by atoms with E-state index in [-0.39, 0.29) is 22.8 Å². The third-order valence-corrected chi connectivity index (χ3v) is 5.48. The van der Waals surface area contributed by atoms with Gasteiger partial charge in [0.1, 0.15) is 11.5 Å². The van der Waals surface area contributed by atoms with Gasteiger partial charge in [0.05, 0.1) is 47.3 Å². The fraction of sp³-hybridized carbons (Fsp3) is 0.190. The molecule has 0 spiro atoms. The lowest BCUT2D eigenvalue weighted by Crippen LogP contribution is -2.31. The van der Waals surface area contributed by atoms with Crippen molar-refractivity contribution in [1.29, 1.82) is 5.26 Å². The van der Waals surface area contributed by atoms with Crippen molar-refractivity contribution in [2.24, 2.45) is 5.73 Å². The number of thioether (sulfide) groups is 1. The number of nitrogens with zero attached hydrogens (tertiary/aromatic N) is 1. The SMILES string of the molecule is COc1ccc(NC(=O)CSC2=C(C#N)C(c3ccco3)C(C(N)=O)=C(C)N2)cc1. The van der Waals surface area contributed by atoms with Crippen molar-refractivity contribution in [2.75, 3.05) is 18.2 Å². The summed E-state index contributed by atoms with van der Waals surface area (Å²) in [6.07, 6.45) is 1.47. The van der Waals surface area contributed by atoms with Crippen LogP contribution in [-0.2, 0) is 9.59 Å². The number of hydrogen-bond donors (Lipinski definition) is 3. The highest BCUT2D eigenvalue weighted by Gasteiger charge is 2.35. The maximum absolute atomic E-state index is 12.4. The number of allylic oxidation sites excluding steroid dienone is 2. The Morgan fingerprint density at radius 1 is 1.33 bits per heavy atom. The van der Waals surface area contributed by atoms with Crippen molar-refractivity contribution in [1.82, 2.24) is 5.32 Å². The van der Waals surface area contributed by atoms with Crippen LogP contribution in [0.2, 0.25) is 0 Å². The molecule has 2 heterocycles. The zero-order valence-corrected chi connectivity index (χ0v) is 17.2. The molecule has 8 nitrogen and oxygen atoms in total. The summed E-state index contributed by atoms with van der Waals surface area (Å²) in [6, 6.07) is 12.5. The largest absolute Gasteiger partial charge is 0.497 e. The number of benzene rings is 1. The van der Waals surface area contributed by atoms with Crippen molar-refractivity contribution >= 4 is 29.3 Å². The summed E-state index contributed by atoms with van der Waals surface area (Å²) >= 11 is 1.16. The number of nitrogens with one attached hydrogen (secondary N) is 2. The lowest BCUT2D eigenvalue weighted by molar-refractivity contribution is -0.115. The molecule has 1 aliphatic heterocycles. The third kappa shape index (κ3) is 4.50. The summed E-state index contributed by atoms with van der Waals surface area (Å²) in [7, 11) is 1.57. The van der Waals surface area contributed by atoms with Gasteiger partial charge >= 0.3 is 0 Å². The van der Waals surface area contributed by atoms with Crippen LogP contribution in [0, 0.1) is 11.3 Å². The Balaban J connectivity index is 1.78. The molecular formula is C21H20N4O4S. The average Bonchev–Trinajstić information content (AvgIpc) is 3.26. The first-order chi connectivity index (χ1) is 14.4. The van der Waals surface area contributed by atoms with Crippen molar-refractivity contribution < 1.29 is 18.7 Å². The van der Waals surface area contributed by atoms with Gasteiger partial charge < -0.3 is 25.5 Å². The lowest BCUT2D eigenvalue weighted by atomic mass is 9.86. The van der Waals surface area contributed by atoms with Crippen molar-refractivity contribution in [2.45, 2.75) is 12.8 Å². The van der Waals surface area contributed by atoms with Crippen molar-refractivity contribution in [3.8, 4) is 11.8 Å². The van der Waals surface area contributed by atoms with Gasteiger partial charge in [0.25, 0.3) is 0 Å². The van der Waals surface area contributed by atoms with Gasteiger partial charge in [0.2, 0.25) is 11.8 Å². The summed E-state index contributed by atoms with van der Waals surface area (Å²) in [5, 5.41) is 16.1. The number of carbonyl (C=O) groups is 2. The van der Waals surface area contributed by atoms with Gasteiger partial charge in [-0.15, -0.1) is 0 Å². The highest BCUT2D eigenvalue weighted by Crippen LogP contribution is 2.40. The van der Waals surface area contributed by atoms with Crippen LogP contribution >= 0.6 is 11.8 Å². The molecule has 4 N–H and O–H groups in total. The summed E-state index contributed by atoms with van der Waals surface area (Å²) in [4.78, 5) is 24.4. The molecule has 2 aromatic rings. The lowest BCUT2D eigenvalue weighted by Gasteiger charge is -2.27. The predicted octanol–water partition coefficient (Wildman–Crippen LogP) is 2.84. The number of primary amides is 1. The van der Waals surface area contributed by atoms with Gasteiger partial charge in [-0.05, 0) is 43.3 Å². The van der Waals surface area contributed by atoms with Crippen LogP contribution in [-0.4, -0.2) is 24.7 Å². The molecule has 30 heavy (non-hydrogen) atoms. The predicted molar refractivity (Wildman–Crippen MR) is 113 cm³/mol. The van der Waals surface area contributed by atoms with Gasteiger partial charge in [-0.25, -0.2) is 0 Å². The van der Waals surface area contributed by atoms with Crippen LogP contribution in [0.3, 0.4) is 0 Å². The van der Waals surface area contributed by atoms with Crippen LogP contribution in [0.4, 0.5) is 5.69 Å². The first-order valence-electron chi connectivity index (χ1n) is 8.96. The first kappa shape index (κ1) is 21.1. The summed E-state index contributed by atoms with van der Waals surface area (Å²) in [5.41, 5.74) is 7.23. The van der Waals surface area contributed by atoms with Crippen LogP contribution in [0.25, 0.3) is 0 Å². The molecule has 1 atom stereocenters. The molecule has 0 saturated heterocycles. The Hall–Kier alpha value is -3.64. The van der Waals surface area contributed by atoms with E-state index in [4.69, 9.17) is 14.9 Å². The molecule has 3 rings (SSSR count). The number of hydrogen-bond acceptors (Lipinski definition) is 7. The van der Waals surface area contributed by atoms with Gasteiger partial charge in [-0.2, -0.15) is 5.26 Å². The molecule has 0 saturated carbocycles. The number of anilines is 1. The number of dihydropyridines is 1. The highest BCUT2D eigenvalue weighted by atomic mass is 32.2. The average molecular weight is 424 g/mol. The zero-order chi connectivity index (χ0) is 21.7. The van der Waals surface area contributed by atoms with Gasteiger partial charge in [-0.3, -0.25) is 9.59 Å². The topological polar surface area (TPSA) is 130 Å². The molecule has 1 aromatic heterocycles. The molecule has 9 heteroatoms. The number of methoxy groups -OCH3 is 1. The Bertz CT molecular complexity index is 1050. The minimum Gasteiger partial charge on any atom is -0.497 e. The second kappa shape index (κ2) is 9.24. The first-order valence-corrected chi connectivity index (χ1v) is 9.95. The van der Waals surface area contributed by atoms with E-state index in [1.807, 2.05) is 0 Å². The Morgan fingerprint density at radius 3 is 2.63 bits per heavy atom. The molecular weight excluding hydrogens is 404 g/mol. The zero-order valence-electron chi connectivity index (χ0n) is 16.4. The van der Waals surface area contributed by atoms with Crippen LogP contribution in [0.5, 0.6) is 5.75 Å². The molecule has 2 amide bonds. The highest BCUT2D eigenvalue weighted by molar-refractivity contribution is 8.03. The second-order valence-corrected chi connectivity index (χ2v) is 7.38. The summed E-state index contributed by atoms with van der Waals surface area (Å²) in [5.74, 6) is -0.431. The minimum atomic E-state index is -0.726. The van der Waals surface area contributed by atoms with E-state index in [0.29, 0.717) is 27.9 Å². The molecule has 0 aliphatic carbocycles. The number of furan rings is 1. The monoisotopic (exact) mass is 424 g/mol. The Labute approximate surface area is 177 Å². The van der Waals surface area contributed by atoms with E-state index in [9.17, 15) is 14.9 Å². The quantitative estimate of drug-likeness (QED) is 0.623. The van der Waals surface area contributed by atoms with Gasteiger partial charge in [0.15, 0.2) is 0 Å². The number of carbonyl (C=O) groups excluding carboxylic acids is 2. The molecule has 1 aromatic carbocycles. The smallest absolute Gasteiger partial charge is 0.247 e. The summed E-state index contributed by atoms with van der Waals surface area (Å²) < 4.78 is 10.5. The molecule has 1 unspecified atom stereocenters. The molecule has 0 fully saturated rings.